The smallest absolute Gasteiger partial charge is 0.327 e. The van der Waals surface area contributed by atoms with Crippen LogP contribution in [0.1, 0.15) is 18.5 Å². The third kappa shape index (κ3) is 2.97. The molecule has 4 nitrogen and oxygen atoms in total. The minimum Gasteiger partial charge on any atom is -0.494 e. The van der Waals surface area contributed by atoms with E-state index in [0.29, 0.717) is 6.61 Å². The fraction of sp³-hybridized carbons (Fsp3) is 0.417. The Bertz CT molecular complexity index is 335. The predicted octanol–water partition coefficient (Wildman–Crippen LogP) is 1.52. The third-order valence-corrected chi connectivity index (χ3v) is 2.25. The summed E-state index contributed by atoms with van der Waals surface area (Å²) in [6.45, 7) is 2.56. The van der Waals surface area contributed by atoms with Gasteiger partial charge in [-0.2, -0.15) is 0 Å². The zero-order valence-electron chi connectivity index (χ0n) is 9.82. The van der Waals surface area contributed by atoms with Crippen LogP contribution in [0, 0.1) is 0 Å². The molecule has 1 aromatic carbocycles. The van der Waals surface area contributed by atoms with Gasteiger partial charge in [0.05, 0.1) is 13.7 Å². The van der Waals surface area contributed by atoms with Crippen molar-refractivity contribution in [2.45, 2.75) is 13.0 Å². The molecule has 0 spiro atoms. The number of esters is 1. The number of hydrogen-bond acceptors (Lipinski definition) is 4. The molecule has 0 aliphatic rings. The Balaban J connectivity index is 2.82. The van der Waals surface area contributed by atoms with Crippen LogP contribution < -0.4 is 10.1 Å². The minimum atomic E-state index is -0.430. The second kappa shape index (κ2) is 6.12. The first-order valence-corrected chi connectivity index (χ1v) is 5.20. The summed E-state index contributed by atoms with van der Waals surface area (Å²) in [5, 5.41) is 2.91. The van der Waals surface area contributed by atoms with Gasteiger partial charge in [0.15, 0.2) is 0 Å². The van der Waals surface area contributed by atoms with Gasteiger partial charge < -0.3 is 14.8 Å². The number of carbonyl (C=O) groups is 1. The highest BCUT2D eigenvalue weighted by Gasteiger charge is 2.18. The van der Waals surface area contributed by atoms with Crippen molar-refractivity contribution < 1.29 is 14.3 Å². The van der Waals surface area contributed by atoms with Gasteiger partial charge in [0.1, 0.15) is 11.8 Å². The lowest BCUT2D eigenvalue weighted by molar-refractivity contribution is -0.143. The quantitative estimate of drug-likeness (QED) is 0.769. The Labute approximate surface area is 95.6 Å². The Morgan fingerprint density at radius 2 is 2.00 bits per heavy atom. The van der Waals surface area contributed by atoms with Gasteiger partial charge >= 0.3 is 5.97 Å². The van der Waals surface area contributed by atoms with Crippen molar-refractivity contribution in [3.05, 3.63) is 29.8 Å². The van der Waals surface area contributed by atoms with Gasteiger partial charge in [-0.15, -0.1) is 0 Å². The van der Waals surface area contributed by atoms with Crippen molar-refractivity contribution in [3.63, 3.8) is 0 Å². The fourth-order valence-electron chi connectivity index (χ4n) is 1.46. The van der Waals surface area contributed by atoms with Crippen LogP contribution in [0.25, 0.3) is 0 Å². The number of methoxy groups -OCH3 is 1. The van der Waals surface area contributed by atoms with E-state index in [1.165, 1.54) is 7.11 Å². The molecule has 4 heteroatoms. The maximum atomic E-state index is 11.4. The summed E-state index contributed by atoms with van der Waals surface area (Å²) in [5.41, 5.74) is 0.859. The summed E-state index contributed by atoms with van der Waals surface area (Å²) in [6.07, 6.45) is 0. The van der Waals surface area contributed by atoms with Crippen molar-refractivity contribution in [1.29, 1.82) is 0 Å². The topological polar surface area (TPSA) is 47.6 Å². The second-order valence-corrected chi connectivity index (χ2v) is 3.25. The molecule has 0 amide bonds. The van der Waals surface area contributed by atoms with E-state index < -0.39 is 6.04 Å². The van der Waals surface area contributed by atoms with Gasteiger partial charge in [0, 0.05) is 0 Å². The molecular formula is C12H17NO3. The van der Waals surface area contributed by atoms with Crippen LogP contribution >= 0.6 is 0 Å². The van der Waals surface area contributed by atoms with Crippen LogP contribution in [0.2, 0.25) is 0 Å². The van der Waals surface area contributed by atoms with Gasteiger partial charge in [-0.1, -0.05) is 12.1 Å². The van der Waals surface area contributed by atoms with E-state index >= 15 is 0 Å². The first-order valence-electron chi connectivity index (χ1n) is 5.20. The van der Waals surface area contributed by atoms with Crippen molar-refractivity contribution in [1.82, 2.24) is 5.32 Å². The molecule has 0 aliphatic heterocycles. The van der Waals surface area contributed by atoms with Gasteiger partial charge in [-0.25, -0.2) is 4.79 Å². The lowest BCUT2D eigenvalue weighted by Crippen LogP contribution is -2.26. The molecule has 16 heavy (non-hydrogen) atoms. The van der Waals surface area contributed by atoms with E-state index in [4.69, 9.17) is 9.47 Å². The molecule has 0 heterocycles. The number of likely N-dealkylation sites (N-methyl/N-ethyl adjacent to an activating group) is 1. The highest BCUT2D eigenvalue weighted by atomic mass is 16.5. The van der Waals surface area contributed by atoms with E-state index in [-0.39, 0.29) is 5.97 Å². The SMILES string of the molecule is CCOc1ccc(C(NC)C(=O)OC)cc1. The van der Waals surface area contributed by atoms with Crippen LogP contribution in [-0.2, 0) is 9.53 Å². The van der Waals surface area contributed by atoms with Crippen molar-refractivity contribution >= 4 is 5.97 Å². The molecule has 0 fully saturated rings. The number of nitrogens with one attached hydrogen (secondary N) is 1. The third-order valence-electron chi connectivity index (χ3n) is 2.25. The highest BCUT2D eigenvalue weighted by Crippen LogP contribution is 2.18. The van der Waals surface area contributed by atoms with E-state index in [1.54, 1.807) is 7.05 Å². The zero-order chi connectivity index (χ0) is 12.0. The van der Waals surface area contributed by atoms with Crippen molar-refractivity contribution in [2.75, 3.05) is 20.8 Å². The lowest BCUT2D eigenvalue weighted by Gasteiger charge is -2.14. The molecule has 1 unspecified atom stereocenters. The molecule has 88 valence electrons. The standard InChI is InChI=1S/C12H17NO3/c1-4-16-10-7-5-9(6-8-10)11(13-2)12(14)15-3/h5-8,11,13H,4H2,1-3H3. The van der Waals surface area contributed by atoms with Crippen LogP contribution in [0.4, 0.5) is 0 Å². The van der Waals surface area contributed by atoms with Gasteiger partial charge in [0.25, 0.3) is 0 Å². The molecule has 0 saturated carbocycles. The van der Waals surface area contributed by atoms with Gasteiger partial charge in [0.2, 0.25) is 0 Å². The van der Waals surface area contributed by atoms with Crippen LogP contribution in [-0.4, -0.2) is 26.7 Å². The average Bonchev–Trinajstić information content (AvgIpc) is 2.32. The Morgan fingerprint density at radius 1 is 1.38 bits per heavy atom. The molecular weight excluding hydrogens is 206 g/mol. The summed E-state index contributed by atoms with van der Waals surface area (Å²) < 4.78 is 10.0. The van der Waals surface area contributed by atoms with Crippen LogP contribution in [0.15, 0.2) is 24.3 Å². The second-order valence-electron chi connectivity index (χ2n) is 3.25. The average molecular weight is 223 g/mol. The van der Waals surface area contributed by atoms with Crippen LogP contribution in [0.3, 0.4) is 0 Å². The summed E-state index contributed by atoms with van der Waals surface area (Å²) in [7, 11) is 3.10. The predicted molar refractivity (Wildman–Crippen MR) is 61.4 cm³/mol. The molecule has 1 aromatic rings. The molecule has 0 aliphatic carbocycles. The number of rotatable bonds is 5. The van der Waals surface area contributed by atoms with Crippen molar-refractivity contribution in [2.24, 2.45) is 0 Å². The molecule has 0 bridgehead atoms. The van der Waals surface area contributed by atoms with E-state index in [2.05, 4.69) is 5.32 Å². The maximum absolute atomic E-state index is 11.4. The van der Waals surface area contributed by atoms with Crippen molar-refractivity contribution in [3.8, 4) is 5.75 Å². The highest BCUT2D eigenvalue weighted by molar-refractivity contribution is 5.77. The zero-order valence-corrected chi connectivity index (χ0v) is 9.82. The molecule has 1 rings (SSSR count). The lowest BCUT2D eigenvalue weighted by atomic mass is 10.1. The Kier molecular flexibility index (Phi) is 4.79. The number of hydrogen-bond donors (Lipinski definition) is 1. The number of carbonyl (C=O) groups excluding carboxylic acids is 1. The first kappa shape index (κ1) is 12.5. The van der Waals surface area contributed by atoms with E-state index in [9.17, 15) is 4.79 Å². The van der Waals surface area contributed by atoms with Crippen LogP contribution in [0.5, 0.6) is 5.75 Å². The minimum absolute atomic E-state index is 0.299. The maximum Gasteiger partial charge on any atom is 0.327 e. The normalized spacial score (nSPS) is 11.9. The summed E-state index contributed by atoms with van der Waals surface area (Å²) >= 11 is 0. The number of benzene rings is 1. The molecule has 0 aromatic heterocycles. The molecule has 0 radical (unpaired) electrons. The molecule has 0 saturated heterocycles. The summed E-state index contributed by atoms with van der Waals surface area (Å²) in [4.78, 5) is 11.4. The fourth-order valence-corrected chi connectivity index (χ4v) is 1.46. The Hall–Kier alpha value is -1.55. The monoisotopic (exact) mass is 223 g/mol. The molecule has 1 atom stereocenters. The first-order chi connectivity index (χ1) is 7.72. The van der Waals surface area contributed by atoms with Gasteiger partial charge in [-0.3, -0.25) is 0 Å². The van der Waals surface area contributed by atoms with E-state index in [1.807, 2.05) is 31.2 Å². The number of ether oxygens (including phenoxy) is 2. The van der Waals surface area contributed by atoms with E-state index in [0.717, 1.165) is 11.3 Å². The Morgan fingerprint density at radius 3 is 2.44 bits per heavy atom. The summed E-state index contributed by atoms with van der Waals surface area (Å²) in [6, 6.07) is 6.95. The summed E-state index contributed by atoms with van der Waals surface area (Å²) in [5.74, 6) is 0.498. The van der Waals surface area contributed by atoms with Gasteiger partial charge in [-0.05, 0) is 31.7 Å². The largest absolute Gasteiger partial charge is 0.494 e. The molecule has 1 N–H and O–H groups in total.